The van der Waals surface area contributed by atoms with Crippen molar-refractivity contribution in [1.29, 1.82) is 0 Å². The number of carboxylic acids is 1. The summed E-state index contributed by atoms with van der Waals surface area (Å²) in [6.07, 6.45) is -3.97. The Bertz CT molecular complexity index is 419. The maximum absolute atomic E-state index is 10.6. The van der Waals surface area contributed by atoms with Gasteiger partial charge < -0.3 is 10.4 Å². The summed E-state index contributed by atoms with van der Waals surface area (Å²) in [4.78, 5) is 8.90. The maximum Gasteiger partial charge on any atom is 0.490 e. The standard InChI is InChI=1S/C7H10IN3.C2HF3O2/c1-11-6-2-3-9-4-5(6)7(8)10-11;3-2(4,5)1(6)7/h9H,2-4H2,1H3;(H,6,7). The van der Waals surface area contributed by atoms with Crippen LogP contribution in [0.25, 0.3) is 0 Å². The molecule has 9 heteroatoms. The van der Waals surface area contributed by atoms with Gasteiger partial charge >= 0.3 is 12.1 Å². The second-order valence-electron chi connectivity index (χ2n) is 3.57. The number of carbonyl (C=O) groups is 1. The summed E-state index contributed by atoms with van der Waals surface area (Å²) in [5.41, 5.74) is 2.78. The number of aromatic nitrogens is 2. The first kappa shape index (κ1) is 15.2. The van der Waals surface area contributed by atoms with Crippen LogP contribution in [0.3, 0.4) is 0 Å². The smallest absolute Gasteiger partial charge is 0.475 e. The van der Waals surface area contributed by atoms with Crippen molar-refractivity contribution in [1.82, 2.24) is 15.1 Å². The Kier molecular flexibility index (Phi) is 4.96. The minimum atomic E-state index is -5.08. The lowest BCUT2D eigenvalue weighted by molar-refractivity contribution is -0.192. The second kappa shape index (κ2) is 5.87. The largest absolute Gasteiger partial charge is 0.490 e. The van der Waals surface area contributed by atoms with Crippen LogP contribution in [0.15, 0.2) is 0 Å². The summed E-state index contributed by atoms with van der Waals surface area (Å²) in [5, 5.41) is 14.8. The number of fused-ring (bicyclic) bond motifs is 1. The summed E-state index contributed by atoms with van der Waals surface area (Å²) in [6.45, 7) is 2.07. The van der Waals surface area contributed by atoms with Crippen LogP contribution in [-0.4, -0.2) is 33.6 Å². The van der Waals surface area contributed by atoms with Gasteiger partial charge in [0.1, 0.15) is 3.70 Å². The molecule has 0 unspecified atom stereocenters. The van der Waals surface area contributed by atoms with Gasteiger partial charge in [0.15, 0.2) is 0 Å². The number of alkyl halides is 3. The summed E-state index contributed by atoms with van der Waals surface area (Å²) < 4.78 is 34.9. The molecule has 1 aromatic rings. The third-order valence-electron chi connectivity index (χ3n) is 2.31. The summed E-state index contributed by atoms with van der Waals surface area (Å²) in [7, 11) is 2.02. The van der Waals surface area contributed by atoms with Crippen molar-refractivity contribution in [3.05, 3.63) is 15.0 Å². The van der Waals surface area contributed by atoms with E-state index in [0.29, 0.717) is 0 Å². The van der Waals surface area contributed by atoms with Gasteiger partial charge in [-0.3, -0.25) is 4.68 Å². The monoisotopic (exact) mass is 377 g/mol. The van der Waals surface area contributed by atoms with Crippen molar-refractivity contribution in [2.75, 3.05) is 6.54 Å². The first-order chi connectivity index (χ1) is 8.23. The molecule has 18 heavy (non-hydrogen) atoms. The highest BCUT2D eigenvalue weighted by molar-refractivity contribution is 14.1. The molecule has 102 valence electrons. The normalized spacial score (nSPS) is 14.5. The van der Waals surface area contributed by atoms with Crippen LogP contribution in [0.4, 0.5) is 13.2 Å². The summed E-state index contributed by atoms with van der Waals surface area (Å²) in [5.74, 6) is -2.76. The molecule has 0 bridgehead atoms. The van der Waals surface area contributed by atoms with Crippen LogP contribution in [0.5, 0.6) is 0 Å². The quantitative estimate of drug-likeness (QED) is 0.670. The molecule has 0 aromatic carbocycles. The van der Waals surface area contributed by atoms with Gasteiger partial charge in [0, 0.05) is 37.8 Å². The van der Waals surface area contributed by atoms with Crippen molar-refractivity contribution < 1.29 is 23.1 Å². The molecule has 0 saturated carbocycles. The number of aryl methyl sites for hydroxylation is 1. The highest BCUT2D eigenvalue weighted by atomic mass is 127. The van der Waals surface area contributed by atoms with Crippen LogP contribution < -0.4 is 5.32 Å². The minimum Gasteiger partial charge on any atom is -0.475 e. The van der Waals surface area contributed by atoms with E-state index >= 15 is 0 Å². The predicted molar refractivity (Wildman–Crippen MR) is 65.0 cm³/mol. The molecule has 0 aliphatic carbocycles. The first-order valence-corrected chi connectivity index (χ1v) is 6.02. The SMILES string of the molecule is Cn1nc(I)c2c1CCNC2.O=C(O)C(F)(F)F. The number of hydrogen-bond acceptors (Lipinski definition) is 3. The summed E-state index contributed by atoms with van der Waals surface area (Å²) >= 11 is 2.29. The lowest BCUT2D eigenvalue weighted by atomic mass is 10.1. The molecular formula is C9H11F3IN3O2. The number of halogens is 4. The predicted octanol–water partition coefficient (Wildman–Crippen LogP) is 1.30. The Morgan fingerprint density at radius 3 is 2.56 bits per heavy atom. The Labute approximate surface area is 114 Å². The van der Waals surface area contributed by atoms with E-state index in [1.807, 2.05) is 11.7 Å². The van der Waals surface area contributed by atoms with Crippen LogP contribution in [0.1, 0.15) is 11.3 Å². The molecule has 1 aliphatic rings. The topological polar surface area (TPSA) is 67.2 Å². The Hall–Kier alpha value is -0.840. The molecule has 0 saturated heterocycles. The molecule has 0 radical (unpaired) electrons. The number of nitrogens with zero attached hydrogens (tertiary/aromatic N) is 2. The number of carboxylic acid groups (broad SMARTS) is 1. The number of rotatable bonds is 0. The van der Waals surface area contributed by atoms with Gasteiger partial charge in [-0.1, -0.05) is 0 Å². The minimum absolute atomic E-state index is 0.988. The average molecular weight is 377 g/mol. The fraction of sp³-hybridized carbons (Fsp3) is 0.556. The number of hydrogen-bond donors (Lipinski definition) is 2. The molecular weight excluding hydrogens is 366 g/mol. The van der Waals surface area contributed by atoms with Crippen LogP contribution in [0.2, 0.25) is 0 Å². The molecule has 0 amide bonds. The van der Waals surface area contributed by atoms with E-state index in [-0.39, 0.29) is 0 Å². The maximum atomic E-state index is 10.6. The third kappa shape index (κ3) is 3.83. The fourth-order valence-electron chi connectivity index (χ4n) is 1.47. The van der Waals surface area contributed by atoms with Gasteiger partial charge in [-0.2, -0.15) is 18.3 Å². The summed E-state index contributed by atoms with van der Waals surface area (Å²) in [6, 6.07) is 0. The van der Waals surface area contributed by atoms with E-state index in [1.54, 1.807) is 0 Å². The molecule has 0 fully saturated rings. The van der Waals surface area contributed by atoms with Crippen molar-refractivity contribution in [2.24, 2.45) is 7.05 Å². The molecule has 2 N–H and O–H groups in total. The van der Waals surface area contributed by atoms with E-state index < -0.39 is 12.1 Å². The van der Waals surface area contributed by atoms with E-state index in [9.17, 15) is 13.2 Å². The first-order valence-electron chi connectivity index (χ1n) is 4.94. The zero-order valence-corrected chi connectivity index (χ0v) is 11.5. The zero-order valence-electron chi connectivity index (χ0n) is 9.38. The number of aliphatic carboxylic acids is 1. The third-order valence-corrected chi connectivity index (χ3v) is 3.18. The lowest BCUT2D eigenvalue weighted by Crippen LogP contribution is -2.24. The molecule has 2 heterocycles. The van der Waals surface area contributed by atoms with Crippen molar-refractivity contribution >= 4 is 28.6 Å². The highest BCUT2D eigenvalue weighted by Gasteiger charge is 2.38. The highest BCUT2D eigenvalue weighted by Crippen LogP contribution is 2.18. The molecule has 1 aliphatic heterocycles. The van der Waals surface area contributed by atoms with Gasteiger partial charge in [-0.05, 0) is 22.6 Å². The second-order valence-corrected chi connectivity index (χ2v) is 4.59. The Balaban J connectivity index is 0.000000203. The Morgan fingerprint density at radius 2 is 2.11 bits per heavy atom. The van der Waals surface area contributed by atoms with Gasteiger partial charge in [0.05, 0.1) is 0 Å². The van der Waals surface area contributed by atoms with Crippen molar-refractivity contribution in [2.45, 2.75) is 19.1 Å². The van der Waals surface area contributed by atoms with E-state index in [4.69, 9.17) is 9.90 Å². The Morgan fingerprint density at radius 1 is 1.56 bits per heavy atom. The van der Waals surface area contributed by atoms with E-state index in [2.05, 4.69) is 33.0 Å². The van der Waals surface area contributed by atoms with E-state index in [1.165, 1.54) is 11.3 Å². The van der Waals surface area contributed by atoms with Crippen LogP contribution in [0, 0.1) is 3.70 Å². The van der Waals surface area contributed by atoms with E-state index in [0.717, 1.165) is 23.2 Å². The zero-order chi connectivity index (χ0) is 13.9. The van der Waals surface area contributed by atoms with Crippen LogP contribution in [-0.2, 0) is 24.8 Å². The molecule has 0 spiro atoms. The molecule has 1 aromatic heterocycles. The fourth-order valence-corrected chi connectivity index (χ4v) is 2.30. The van der Waals surface area contributed by atoms with Crippen LogP contribution >= 0.6 is 22.6 Å². The van der Waals surface area contributed by atoms with Gasteiger partial charge in [-0.15, -0.1) is 0 Å². The lowest BCUT2D eigenvalue weighted by Gasteiger charge is -2.13. The van der Waals surface area contributed by atoms with Crippen molar-refractivity contribution in [3.8, 4) is 0 Å². The molecule has 2 rings (SSSR count). The van der Waals surface area contributed by atoms with Crippen molar-refractivity contribution in [3.63, 3.8) is 0 Å². The molecule has 0 atom stereocenters. The van der Waals surface area contributed by atoms with Gasteiger partial charge in [-0.25, -0.2) is 4.79 Å². The molecule has 5 nitrogen and oxygen atoms in total. The van der Waals surface area contributed by atoms with Gasteiger partial charge in [0.2, 0.25) is 0 Å². The average Bonchev–Trinajstić information content (AvgIpc) is 2.55. The number of nitrogens with one attached hydrogen (secondary N) is 1. The van der Waals surface area contributed by atoms with Gasteiger partial charge in [0.25, 0.3) is 0 Å².